The highest BCUT2D eigenvalue weighted by Gasteiger charge is 2.37. The fourth-order valence-electron chi connectivity index (χ4n) is 3.71. The van der Waals surface area contributed by atoms with E-state index in [1.807, 2.05) is 41.3 Å². The summed E-state index contributed by atoms with van der Waals surface area (Å²) < 4.78 is 6.97. The van der Waals surface area contributed by atoms with Crippen molar-refractivity contribution < 1.29 is 14.3 Å². The fourth-order valence-corrected chi connectivity index (χ4v) is 5.71. The molecule has 2 aromatic carbocycles. The van der Waals surface area contributed by atoms with Gasteiger partial charge in [0, 0.05) is 9.61 Å². The molecule has 4 rings (SSSR count). The first-order chi connectivity index (χ1) is 14.5. The lowest BCUT2D eigenvalue weighted by Gasteiger charge is -2.29. The van der Waals surface area contributed by atoms with Gasteiger partial charge in [-0.3, -0.25) is 9.69 Å². The first kappa shape index (κ1) is 21.5. The van der Waals surface area contributed by atoms with E-state index in [-0.39, 0.29) is 17.9 Å². The number of halogens is 1. The van der Waals surface area contributed by atoms with Gasteiger partial charge in [0.05, 0.1) is 10.5 Å². The summed E-state index contributed by atoms with van der Waals surface area (Å²) in [4.78, 5) is 27.7. The Morgan fingerprint density at radius 2 is 1.80 bits per heavy atom. The van der Waals surface area contributed by atoms with E-state index in [1.54, 1.807) is 18.2 Å². The van der Waals surface area contributed by atoms with Crippen LogP contribution in [0.5, 0.6) is 5.75 Å². The number of thioether (sulfide) groups is 1. The summed E-state index contributed by atoms with van der Waals surface area (Å²) in [5.41, 5.74) is 1.40. The monoisotopic (exact) mass is 549 g/mol. The van der Waals surface area contributed by atoms with E-state index >= 15 is 0 Å². The number of carbonyl (C=O) groups excluding carboxylic acids is 2. The van der Waals surface area contributed by atoms with E-state index in [4.69, 9.17) is 17.0 Å². The minimum absolute atomic E-state index is 0.00561. The molecule has 0 radical (unpaired) electrons. The summed E-state index contributed by atoms with van der Waals surface area (Å²) in [6, 6.07) is 14.7. The Morgan fingerprint density at radius 3 is 2.50 bits per heavy atom. The van der Waals surface area contributed by atoms with Crippen LogP contribution in [-0.2, 0) is 4.79 Å². The average Bonchev–Trinajstić information content (AvgIpc) is 3.03. The Balaban J connectivity index is 1.45. The van der Waals surface area contributed by atoms with Crippen LogP contribution in [0.4, 0.5) is 0 Å². The Morgan fingerprint density at radius 1 is 1.10 bits per heavy atom. The van der Waals surface area contributed by atoms with Gasteiger partial charge in [-0.05, 0) is 71.3 Å². The van der Waals surface area contributed by atoms with E-state index in [2.05, 4.69) is 22.6 Å². The zero-order valence-corrected chi connectivity index (χ0v) is 20.0. The van der Waals surface area contributed by atoms with Gasteiger partial charge >= 0.3 is 5.97 Å². The molecule has 1 heterocycles. The van der Waals surface area contributed by atoms with Crippen LogP contribution in [-0.4, -0.2) is 27.1 Å². The van der Waals surface area contributed by atoms with E-state index < -0.39 is 0 Å². The molecule has 0 aromatic heterocycles. The number of esters is 1. The number of carbonyl (C=O) groups is 2. The Kier molecular flexibility index (Phi) is 6.90. The molecule has 0 N–H and O–H groups in total. The van der Waals surface area contributed by atoms with Crippen molar-refractivity contribution in [3.63, 3.8) is 0 Å². The van der Waals surface area contributed by atoms with Gasteiger partial charge in [-0.15, -0.1) is 0 Å². The largest absolute Gasteiger partial charge is 0.423 e. The van der Waals surface area contributed by atoms with Crippen molar-refractivity contribution >= 4 is 68.8 Å². The molecule has 0 bridgehead atoms. The second kappa shape index (κ2) is 9.62. The van der Waals surface area contributed by atoms with Gasteiger partial charge in [0.1, 0.15) is 10.1 Å². The predicted molar refractivity (Wildman–Crippen MR) is 132 cm³/mol. The molecule has 2 fully saturated rings. The highest BCUT2D eigenvalue weighted by Crippen LogP contribution is 2.37. The maximum atomic E-state index is 12.9. The summed E-state index contributed by atoms with van der Waals surface area (Å²) in [5, 5.41) is 0. The van der Waals surface area contributed by atoms with Crippen LogP contribution in [0.25, 0.3) is 6.08 Å². The molecule has 1 aliphatic carbocycles. The molecule has 0 unspecified atom stereocenters. The maximum absolute atomic E-state index is 12.9. The molecule has 1 saturated heterocycles. The highest BCUT2D eigenvalue weighted by molar-refractivity contribution is 14.1. The van der Waals surface area contributed by atoms with E-state index in [0.29, 0.717) is 20.5 Å². The number of benzene rings is 2. The molecule has 0 spiro atoms. The van der Waals surface area contributed by atoms with E-state index in [9.17, 15) is 9.59 Å². The third-order valence-electron chi connectivity index (χ3n) is 5.25. The SMILES string of the molecule is O=C(Oc1ccc(C=C2SC(=S)N(C3CCCCC3)C2=O)cc1)c1ccccc1I. The molecule has 2 aliphatic rings. The smallest absolute Gasteiger partial charge is 0.344 e. The lowest BCUT2D eigenvalue weighted by molar-refractivity contribution is -0.124. The first-order valence-corrected chi connectivity index (χ1v) is 12.2. The van der Waals surface area contributed by atoms with Crippen LogP contribution in [0.15, 0.2) is 53.4 Å². The number of hydrogen-bond acceptors (Lipinski definition) is 5. The lowest BCUT2D eigenvalue weighted by Crippen LogP contribution is -2.39. The molecule has 1 saturated carbocycles. The van der Waals surface area contributed by atoms with Gasteiger partial charge < -0.3 is 4.74 Å². The zero-order valence-electron chi connectivity index (χ0n) is 16.2. The summed E-state index contributed by atoms with van der Waals surface area (Å²) in [5.74, 6) is 0.0821. The lowest BCUT2D eigenvalue weighted by atomic mass is 9.94. The average molecular weight is 549 g/mol. The predicted octanol–water partition coefficient (Wildman–Crippen LogP) is 6.04. The molecular formula is C23H20INO3S2. The number of nitrogens with zero attached hydrogens (tertiary/aromatic N) is 1. The van der Waals surface area contributed by atoms with Crippen LogP contribution >= 0.6 is 46.6 Å². The van der Waals surface area contributed by atoms with Crippen molar-refractivity contribution in [2.24, 2.45) is 0 Å². The first-order valence-electron chi connectivity index (χ1n) is 9.87. The van der Waals surface area contributed by atoms with Crippen molar-refractivity contribution in [2.75, 3.05) is 0 Å². The summed E-state index contributed by atoms with van der Waals surface area (Å²) in [6.45, 7) is 0. The van der Waals surface area contributed by atoms with Gasteiger partial charge in [0.2, 0.25) is 0 Å². The van der Waals surface area contributed by atoms with Crippen LogP contribution in [0.2, 0.25) is 0 Å². The summed E-state index contributed by atoms with van der Waals surface area (Å²) >= 11 is 8.97. The molecule has 30 heavy (non-hydrogen) atoms. The van der Waals surface area contributed by atoms with Gasteiger partial charge in [-0.25, -0.2) is 4.79 Å². The third kappa shape index (κ3) is 4.78. The van der Waals surface area contributed by atoms with Crippen molar-refractivity contribution in [1.82, 2.24) is 4.90 Å². The molecule has 1 aliphatic heterocycles. The summed E-state index contributed by atoms with van der Waals surface area (Å²) in [7, 11) is 0. The van der Waals surface area contributed by atoms with Crippen LogP contribution in [0, 0.1) is 3.57 Å². The second-order valence-corrected chi connectivity index (χ2v) is 10.1. The highest BCUT2D eigenvalue weighted by atomic mass is 127. The van der Waals surface area contributed by atoms with Crippen LogP contribution in [0.3, 0.4) is 0 Å². The minimum atomic E-state index is -0.388. The molecular weight excluding hydrogens is 529 g/mol. The molecule has 4 nitrogen and oxygen atoms in total. The van der Waals surface area contributed by atoms with Crippen molar-refractivity contribution in [2.45, 2.75) is 38.1 Å². The third-order valence-corrected chi connectivity index (χ3v) is 7.52. The van der Waals surface area contributed by atoms with Crippen molar-refractivity contribution in [3.05, 3.63) is 68.1 Å². The molecule has 7 heteroatoms. The maximum Gasteiger partial charge on any atom is 0.344 e. The van der Waals surface area contributed by atoms with Crippen molar-refractivity contribution in [1.29, 1.82) is 0 Å². The van der Waals surface area contributed by atoms with Gasteiger partial charge in [-0.2, -0.15) is 0 Å². The standard InChI is InChI=1S/C23H20INO3S2/c24-19-9-5-4-8-18(19)22(27)28-17-12-10-15(11-13-17)14-20-21(26)25(23(29)30-20)16-6-2-1-3-7-16/h4-5,8-14,16H,1-3,6-7H2. The normalized spacial score (nSPS) is 18.8. The van der Waals surface area contributed by atoms with Crippen LogP contribution < -0.4 is 4.74 Å². The second-order valence-electron chi connectivity index (χ2n) is 7.28. The molecule has 154 valence electrons. The minimum Gasteiger partial charge on any atom is -0.423 e. The van der Waals surface area contributed by atoms with Crippen molar-refractivity contribution in [3.8, 4) is 5.75 Å². The van der Waals surface area contributed by atoms with Gasteiger partial charge in [0.15, 0.2) is 0 Å². The zero-order chi connectivity index (χ0) is 21.1. The van der Waals surface area contributed by atoms with Gasteiger partial charge in [-0.1, -0.05) is 67.5 Å². The van der Waals surface area contributed by atoms with Crippen LogP contribution in [0.1, 0.15) is 48.0 Å². The Labute approximate surface area is 199 Å². The topological polar surface area (TPSA) is 46.6 Å². The van der Waals surface area contributed by atoms with E-state index in [1.165, 1.54) is 18.2 Å². The van der Waals surface area contributed by atoms with Gasteiger partial charge in [0.25, 0.3) is 5.91 Å². The quantitative estimate of drug-likeness (QED) is 0.153. The molecule has 2 aromatic rings. The number of ether oxygens (including phenoxy) is 1. The summed E-state index contributed by atoms with van der Waals surface area (Å²) in [6.07, 6.45) is 7.46. The Hall–Kier alpha value is -1.71. The molecule has 0 atom stereocenters. The fraction of sp³-hybridized carbons (Fsp3) is 0.261. The van der Waals surface area contributed by atoms with E-state index in [0.717, 1.165) is 34.8 Å². The number of thiocarbonyl (C=S) groups is 1. The Bertz CT molecular complexity index is 1010. The number of hydrogen-bond donors (Lipinski definition) is 0. The molecule has 1 amide bonds. The number of rotatable bonds is 4. The number of amides is 1.